The van der Waals surface area contributed by atoms with Crippen molar-refractivity contribution in [3.63, 3.8) is 0 Å². The summed E-state index contributed by atoms with van der Waals surface area (Å²) < 4.78 is 0.825. The molecule has 0 saturated carbocycles. The van der Waals surface area contributed by atoms with Crippen molar-refractivity contribution in [2.45, 2.75) is 17.6 Å². The number of thioether (sulfide) groups is 1. The Morgan fingerprint density at radius 3 is 2.63 bits per heavy atom. The van der Waals surface area contributed by atoms with E-state index in [4.69, 9.17) is 5.11 Å². The Bertz CT molecular complexity index is 611. The first-order valence-electron chi connectivity index (χ1n) is 5.78. The summed E-state index contributed by atoms with van der Waals surface area (Å²) in [5.74, 6) is -0.0336. The molecular formula is C15H13BrO2S. The van der Waals surface area contributed by atoms with Crippen LogP contribution < -0.4 is 0 Å². The number of hydrogen-bond donors (Lipinski definition) is 1. The van der Waals surface area contributed by atoms with Crippen LogP contribution in [0.1, 0.15) is 21.5 Å². The van der Waals surface area contributed by atoms with Crippen LogP contribution in [-0.2, 0) is 5.75 Å². The van der Waals surface area contributed by atoms with Gasteiger partial charge in [0.05, 0.1) is 5.56 Å². The van der Waals surface area contributed by atoms with Crippen LogP contribution in [0.3, 0.4) is 0 Å². The summed E-state index contributed by atoms with van der Waals surface area (Å²) in [6, 6.07) is 13.4. The Balaban J connectivity index is 2.12. The molecule has 0 spiro atoms. The van der Waals surface area contributed by atoms with Gasteiger partial charge in [0.1, 0.15) is 0 Å². The Kier molecular flexibility index (Phi) is 4.66. The molecule has 0 heterocycles. The van der Waals surface area contributed by atoms with E-state index in [9.17, 15) is 4.79 Å². The molecule has 98 valence electrons. The quantitative estimate of drug-likeness (QED) is 0.818. The molecule has 0 radical (unpaired) electrons. The Morgan fingerprint density at radius 2 is 2.00 bits per heavy atom. The first-order chi connectivity index (χ1) is 9.08. The summed E-state index contributed by atoms with van der Waals surface area (Å²) >= 11 is 5.12. The normalized spacial score (nSPS) is 10.4. The van der Waals surface area contributed by atoms with Crippen molar-refractivity contribution in [3.8, 4) is 0 Å². The summed E-state index contributed by atoms with van der Waals surface area (Å²) in [5, 5.41) is 8.92. The van der Waals surface area contributed by atoms with Crippen LogP contribution in [0.5, 0.6) is 0 Å². The minimum atomic E-state index is -0.906. The van der Waals surface area contributed by atoms with Gasteiger partial charge < -0.3 is 5.11 Å². The van der Waals surface area contributed by atoms with E-state index in [1.54, 1.807) is 23.9 Å². The van der Waals surface area contributed by atoms with E-state index in [1.807, 2.05) is 18.2 Å². The third-order valence-corrected chi connectivity index (χ3v) is 4.86. The largest absolute Gasteiger partial charge is 0.478 e. The topological polar surface area (TPSA) is 37.3 Å². The second kappa shape index (κ2) is 6.26. The van der Waals surface area contributed by atoms with Gasteiger partial charge in [0.15, 0.2) is 0 Å². The third-order valence-electron chi connectivity index (χ3n) is 2.82. The average Bonchev–Trinajstić information content (AvgIpc) is 2.39. The highest BCUT2D eigenvalue weighted by atomic mass is 79.9. The molecule has 2 aromatic rings. The first kappa shape index (κ1) is 14.2. The van der Waals surface area contributed by atoms with Crippen molar-refractivity contribution < 1.29 is 9.90 Å². The second-order valence-corrected chi connectivity index (χ2v) is 6.04. The van der Waals surface area contributed by atoms with E-state index in [0.717, 1.165) is 15.1 Å². The first-order valence-corrected chi connectivity index (χ1v) is 7.56. The van der Waals surface area contributed by atoms with Crippen molar-refractivity contribution in [2.75, 3.05) is 0 Å². The van der Waals surface area contributed by atoms with Gasteiger partial charge in [-0.3, -0.25) is 0 Å². The summed E-state index contributed by atoms with van der Waals surface area (Å²) in [6.45, 7) is 2.10. The molecule has 1 N–H and O–H groups in total. The number of halogens is 1. The molecule has 0 aliphatic carbocycles. The zero-order chi connectivity index (χ0) is 13.8. The number of carbonyl (C=O) groups is 1. The maximum absolute atomic E-state index is 10.9. The average molecular weight is 337 g/mol. The van der Waals surface area contributed by atoms with E-state index < -0.39 is 5.97 Å². The van der Waals surface area contributed by atoms with Crippen molar-refractivity contribution in [1.29, 1.82) is 0 Å². The van der Waals surface area contributed by atoms with E-state index >= 15 is 0 Å². The predicted molar refractivity (Wildman–Crippen MR) is 81.8 cm³/mol. The zero-order valence-electron chi connectivity index (χ0n) is 10.4. The lowest BCUT2D eigenvalue weighted by atomic mass is 10.1. The van der Waals surface area contributed by atoms with Crippen LogP contribution >= 0.6 is 27.7 Å². The van der Waals surface area contributed by atoms with Crippen LogP contribution in [-0.4, -0.2) is 11.1 Å². The minimum Gasteiger partial charge on any atom is -0.478 e. The van der Waals surface area contributed by atoms with Crippen LogP contribution in [0.25, 0.3) is 0 Å². The maximum atomic E-state index is 10.9. The lowest BCUT2D eigenvalue weighted by Crippen LogP contribution is -1.95. The van der Waals surface area contributed by atoms with Gasteiger partial charge in [-0.1, -0.05) is 24.3 Å². The number of carboxylic acids is 1. The molecule has 0 fully saturated rings. The van der Waals surface area contributed by atoms with Crippen molar-refractivity contribution in [3.05, 3.63) is 63.6 Å². The van der Waals surface area contributed by atoms with Gasteiger partial charge in [-0.15, -0.1) is 11.8 Å². The molecular weight excluding hydrogens is 324 g/mol. The molecule has 0 bridgehead atoms. The molecule has 4 heteroatoms. The minimum absolute atomic E-state index is 0.298. The molecule has 0 aliphatic rings. The van der Waals surface area contributed by atoms with E-state index in [0.29, 0.717) is 5.56 Å². The Hall–Kier alpha value is -1.26. The number of hydrogen-bond acceptors (Lipinski definition) is 2. The molecule has 0 saturated heterocycles. The molecule has 0 aliphatic heterocycles. The summed E-state index contributed by atoms with van der Waals surface area (Å²) in [5.41, 5.74) is 2.86. The highest BCUT2D eigenvalue weighted by Crippen LogP contribution is 2.31. The van der Waals surface area contributed by atoms with Crippen LogP contribution in [0.2, 0.25) is 0 Å². The molecule has 2 nitrogen and oxygen atoms in total. The SMILES string of the molecule is Cc1ccccc1CSc1ccc(C(=O)O)cc1Br. The van der Waals surface area contributed by atoms with Gasteiger partial charge in [-0.2, -0.15) is 0 Å². The number of aromatic carboxylic acids is 1. The molecule has 2 aromatic carbocycles. The van der Waals surface area contributed by atoms with Gasteiger partial charge in [0.2, 0.25) is 0 Å². The second-order valence-electron chi connectivity index (χ2n) is 4.17. The lowest BCUT2D eigenvalue weighted by molar-refractivity contribution is 0.0696. The van der Waals surface area contributed by atoms with E-state index in [1.165, 1.54) is 11.1 Å². The number of benzene rings is 2. The summed E-state index contributed by atoms with van der Waals surface area (Å²) in [6.07, 6.45) is 0. The van der Waals surface area contributed by atoms with Crippen molar-refractivity contribution >= 4 is 33.7 Å². The fourth-order valence-corrected chi connectivity index (χ4v) is 3.40. The Morgan fingerprint density at radius 1 is 1.26 bits per heavy atom. The molecule has 0 atom stereocenters. The molecule has 0 unspecified atom stereocenters. The fraction of sp³-hybridized carbons (Fsp3) is 0.133. The number of carboxylic acid groups (broad SMARTS) is 1. The van der Waals surface area contributed by atoms with Crippen molar-refractivity contribution in [2.24, 2.45) is 0 Å². The summed E-state index contributed by atoms with van der Waals surface area (Å²) in [4.78, 5) is 11.9. The molecule has 19 heavy (non-hydrogen) atoms. The Labute approximate surface area is 125 Å². The van der Waals surface area contributed by atoms with Gasteiger partial charge in [0, 0.05) is 15.1 Å². The molecule has 2 rings (SSSR count). The monoisotopic (exact) mass is 336 g/mol. The standard InChI is InChI=1S/C15H13BrO2S/c1-10-4-2-3-5-12(10)9-19-14-7-6-11(15(17)18)8-13(14)16/h2-8H,9H2,1H3,(H,17,18). The van der Waals surface area contributed by atoms with E-state index in [-0.39, 0.29) is 0 Å². The van der Waals surface area contributed by atoms with E-state index in [2.05, 4.69) is 35.0 Å². The third kappa shape index (κ3) is 3.61. The fourth-order valence-electron chi connectivity index (χ4n) is 1.68. The van der Waals surface area contributed by atoms with Crippen molar-refractivity contribution in [1.82, 2.24) is 0 Å². The van der Waals surface area contributed by atoms with Gasteiger partial charge in [-0.05, 0) is 52.2 Å². The van der Waals surface area contributed by atoms with Crippen LogP contribution in [0.15, 0.2) is 51.8 Å². The molecule has 0 amide bonds. The van der Waals surface area contributed by atoms with Crippen LogP contribution in [0.4, 0.5) is 0 Å². The number of rotatable bonds is 4. The zero-order valence-corrected chi connectivity index (χ0v) is 12.8. The summed E-state index contributed by atoms with van der Waals surface area (Å²) in [7, 11) is 0. The number of aryl methyl sites for hydroxylation is 1. The maximum Gasteiger partial charge on any atom is 0.335 e. The lowest BCUT2D eigenvalue weighted by Gasteiger charge is -2.07. The smallest absolute Gasteiger partial charge is 0.335 e. The van der Waals surface area contributed by atoms with Gasteiger partial charge >= 0.3 is 5.97 Å². The van der Waals surface area contributed by atoms with Gasteiger partial charge in [-0.25, -0.2) is 4.79 Å². The predicted octanol–water partition coefficient (Wildman–Crippen LogP) is 4.75. The van der Waals surface area contributed by atoms with Crippen LogP contribution in [0, 0.1) is 6.92 Å². The highest BCUT2D eigenvalue weighted by molar-refractivity contribution is 9.10. The molecule has 0 aromatic heterocycles. The highest BCUT2D eigenvalue weighted by Gasteiger charge is 2.07. The van der Waals surface area contributed by atoms with Gasteiger partial charge in [0.25, 0.3) is 0 Å².